The van der Waals surface area contributed by atoms with Crippen molar-refractivity contribution in [1.29, 1.82) is 0 Å². The maximum Gasteiger partial charge on any atom is 0.325 e. The standard InChI is InChI=1S/C12H17NO3/c1-7-5-9(10(13-3)12(14)15)6-8(2)11(7)16-4/h5-6,10,13H,1-4H3,(H,14,15). The summed E-state index contributed by atoms with van der Waals surface area (Å²) in [5.74, 6) is -0.0736. The maximum atomic E-state index is 11.0. The van der Waals surface area contributed by atoms with Gasteiger partial charge in [-0.25, -0.2) is 0 Å². The molecule has 2 N–H and O–H groups in total. The molecule has 4 heteroatoms. The smallest absolute Gasteiger partial charge is 0.325 e. The van der Waals surface area contributed by atoms with Gasteiger partial charge in [-0.15, -0.1) is 0 Å². The van der Waals surface area contributed by atoms with Gasteiger partial charge in [0.25, 0.3) is 0 Å². The summed E-state index contributed by atoms with van der Waals surface area (Å²) in [6.45, 7) is 3.81. The highest BCUT2D eigenvalue weighted by molar-refractivity contribution is 5.76. The third kappa shape index (κ3) is 2.33. The first-order valence-corrected chi connectivity index (χ1v) is 5.06. The van der Waals surface area contributed by atoms with Gasteiger partial charge in [-0.05, 0) is 37.6 Å². The van der Waals surface area contributed by atoms with E-state index in [1.165, 1.54) is 0 Å². The summed E-state index contributed by atoms with van der Waals surface area (Å²) in [6, 6.07) is 2.99. The molecule has 16 heavy (non-hydrogen) atoms. The molecule has 0 saturated carbocycles. The molecule has 0 spiro atoms. The summed E-state index contributed by atoms with van der Waals surface area (Å²) in [5, 5.41) is 11.8. The zero-order valence-electron chi connectivity index (χ0n) is 10.00. The van der Waals surface area contributed by atoms with Crippen molar-refractivity contribution in [3.05, 3.63) is 28.8 Å². The highest BCUT2D eigenvalue weighted by atomic mass is 16.5. The summed E-state index contributed by atoms with van der Waals surface area (Å²) < 4.78 is 5.24. The molecule has 1 rings (SSSR count). The van der Waals surface area contributed by atoms with E-state index >= 15 is 0 Å². The Morgan fingerprint density at radius 1 is 1.38 bits per heavy atom. The molecule has 1 unspecified atom stereocenters. The van der Waals surface area contributed by atoms with Crippen LogP contribution in [-0.2, 0) is 4.79 Å². The van der Waals surface area contributed by atoms with Gasteiger partial charge in [0.15, 0.2) is 0 Å². The molecule has 0 aromatic heterocycles. The number of benzene rings is 1. The van der Waals surface area contributed by atoms with Crippen LogP contribution in [0.1, 0.15) is 22.7 Å². The second-order valence-electron chi connectivity index (χ2n) is 3.75. The lowest BCUT2D eigenvalue weighted by atomic mass is 10.0. The van der Waals surface area contributed by atoms with E-state index in [9.17, 15) is 4.79 Å². The Hall–Kier alpha value is -1.55. The lowest BCUT2D eigenvalue weighted by Crippen LogP contribution is -2.25. The molecular formula is C12H17NO3. The van der Waals surface area contributed by atoms with E-state index < -0.39 is 12.0 Å². The van der Waals surface area contributed by atoms with Crippen LogP contribution in [0.3, 0.4) is 0 Å². The number of rotatable bonds is 4. The third-order valence-electron chi connectivity index (χ3n) is 2.56. The van der Waals surface area contributed by atoms with Crippen molar-refractivity contribution >= 4 is 5.97 Å². The summed E-state index contributed by atoms with van der Waals surface area (Å²) in [7, 11) is 3.25. The molecule has 1 aromatic carbocycles. The van der Waals surface area contributed by atoms with Crippen molar-refractivity contribution in [3.63, 3.8) is 0 Å². The first-order valence-electron chi connectivity index (χ1n) is 5.06. The molecule has 0 aliphatic carbocycles. The number of ether oxygens (including phenoxy) is 1. The number of hydrogen-bond acceptors (Lipinski definition) is 3. The number of aliphatic carboxylic acids is 1. The van der Waals surface area contributed by atoms with Crippen molar-refractivity contribution in [2.45, 2.75) is 19.9 Å². The Kier molecular flexibility index (Phi) is 3.90. The predicted octanol–water partition coefficient (Wildman–Crippen LogP) is 1.66. The first-order chi connectivity index (χ1) is 7.51. The quantitative estimate of drug-likeness (QED) is 0.815. The number of aryl methyl sites for hydroxylation is 2. The molecule has 0 bridgehead atoms. The van der Waals surface area contributed by atoms with E-state index in [0.29, 0.717) is 0 Å². The van der Waals surface area contributed by atoms with Gasteiger partial charge in [0, 0.05) is 0 Å². The van der Waals surface area contributed by atoms with E-state index in [0.717, 1.165) is 22.4 Å². The third-order valence-corrected chi connectivity index (χ3v) is 2.56. The largest absolute Gasteiger partial charge is 0.496 e. The Labute approximate surface area is 95.2 Å². The van der Waals surface area contributed by atoms with Gasteiger partial charge in [-0.3, -0.25) is 4.79 Å². The zero-order chi connectivity index (χ0) is 12.3. The summed E-state index contributed by atoms with van der Waals surface area (Å²) >= 11 is 0. The molecule has 0 aliphatic rings. The Balaban J connectivity index is 3.21. The number of carboxylic acids is 1. The molecule has 0 radical (unpaired) electrons. The first kappa shape index (κ1) is 12.5. The summed E-state index contributed by atoms with van der Waals surface area (Å²) in [6.07, 6.45) is 0. The van der Waals surface area contributed by atoms with Gasteiger partial charge in [0.2, 0.25) is 0 Å². The van der Waals surface area contributed by atoms with Crippen molar-refractivity contribution in [2.75, 3.05) is 14.2 Å². The minimum Gasteiger partial charge on any atom is -0.496 e. The molecule has 1 aromatic rings. The van der Waals surface area contributed by atoms with Crippen LogP contribution in [0.2, 0.25) is 0 Å². The SMILES string of the molecule is CNC(C(=O)O)c1cc(C)c(OC)c(C)c1. The van der Waals surface area contributed by atoms with E-state index in [1.54, 1.807) is 14.2 Å². The summed E-state index contributed by atoms with van der Waals surface area (Å²) in [4.78, 5) is 11.0. The number of likely N-dealkylation sites (N-methyl/N-ethyl adjacent to an activating group) is 1. The normalized spacial score (nSPS) is 12.2. The number of nitrogens with one attached hydrogen (secondary N) is 1. The predicted molar refractivity (Wildman–Crippen MR) is 61.9 cm³/mol. The molecule has 0 heterocycles. The van der Waals surface area contributed by atoms with Gasteiger partial charge >= 0.3 is 5.97 Å². The fraction of sp³-hybridized carbons (Fsp3) is 0.417. The average molecular weight is 223 g/mol. The van der Waals surface area contributed by atoms with E-state index in [4.69, 9.17) is 9.84 Å². The lowest BCUT2D eigenvalue weighted by Gasteiger charge is -2.16. The van der Waals surface area contributed by atoms with Gasteiger partial charge in [0.05, 0.1) is 7.11 Å². The molecule has 0 aliphatic heterocycles. The average Bonchev–Trinajstić information content (AvgIpc) is 2.17. The van der Waals surface area contributed by atoms with Crippen LogP contribution in [0.5, 0.6) is 5.75 Å². The van der Waals surface area contributed by atoms with Gasteiger partial charge < -0.3 is 15.2 Å². The highest BCUT2D eigenvalue weighted by Crippen LogP contribution is 2.27. The topological polar surface area (TPSA) is 58.6 Å². The Bertz CT molecular complexity index is 378. The molecule has 88 valence electrons. The number of methoxy groups -OCH3 is 1. The number of carbonyl (C=O) groups is 1. The van der Waals surface area contributed by atoms with E-state index in [2.05, 4.69) is 5.32 Å². The fourth-order valence-electron chi connectivity index (χ4n) is 1.91. The van der Waals surface area contributed by atoms with Gasteiger partial charge in [-0.2, -0.15) is 0 Å². The zero-order valence-corrected chi connectivity index (χ0v) is 10.00. The lowest BCUT2D eigenvalue weighted by molar-refractivity contribution is -0.139. The Morgan fingerprint density at radius 2 is 1.88 bits per heavy atom. The highest BCUT2D eigenvalue weighted by Gasteiger charge is 2.19. The van der Waals surface area contributed by atoms with Crippen molar-refractivity contribution in [1.82, 2.24) is 5.32 Å². The van der Waals surface area contributed by atoms with Crippen LogP contribution in [0, 0.1) is 13.8 Å². The molecule has 0 fully saturated rings. The molecule has 4 nitrogen and oxygen atoms in total. The maximum absolute atomic E-state index is 11.0. The van der Waals surface area contributed by atoms with Crippen LogP contribution < -0.4 is 10.1 Å². The van der Waals surface area contributed by atoms with Crippen LogP contribution >= 0.6 is 0 Å². The van der Waals surface area contributed by atoms with Crippen molar-refractivity contribution < 1.29 is 14.6 Å². The fourth-order valence-corrected chi connectivity index (χ4v) is 1.91. The minimum atomic E-state index is -0.883. The van der Waals surface area contributed by atoms with Crippen molar-refractivity contribution in [3.8, 4) is 5.75 Å². The number of hydrogen-bond donors (Lipinski definition) is 2. The van der Waals surface area contributed by atoms with Gasteiger partial charge in [0.1, 0.15) is 11.8 Å². The van der Waals surface area contributed by atoms with Crippen LogP contribution in [-0.4, -0.2) is 25.2 Å². The van der Waals surface area contributed by atoms with E-state index in [1.807, 2.05) is 26.0 Å². The van der Waals surface area contributed by atoms with E-state index in [-0.39, 0.29) is 0 Å². The Morgan fingerprint density at radius 3 is 2.19 bits per heavy atom. The van der Waals surface area contributed by atoms with Crippen LogP contribution in [0.15, 0.2) is 12.1 Å². The number of carboxylic acid groups (broad SMARTS) is 1. The summed E-state index contributed by atoms with van der Waals surface area (Å²) in [5.41, 5.74) is 2.63. The van der Waals surface area contributed by atoms with Crippen molar-refractivity contribution in [2.24, 2.45) is 0 Å². The van der Waals surface area contributed by atoms with Crippen LogP contribution in [0.4, 0.5) is 0 Å². The second kappa shape index (κ2) is 4.99. The monoisotopic (exact) mass is 223 g/mol. The van der Waals surface area contributed by atoms with Gasteiger partial charge in [-0.1, -0.05) is 12.1 Å². The molecule has 0 saturated heterocycles. The molecule has 0 amide bonds. The van der Waals surface area contributed by atoms with Crippen LogP contribution in [0.25, 0.3) is 0 Å². The minimum absolute atomic E-state index is 0.677. The second-order valence-corrected chi connectivity index (χ2v) is 3.75. The molecule has 1 atom stereocenters. The molecular weight excluding hydrogens is 206 g/mol.